The van der Waals surface area contributed by atoms with Crippen LogP contribution in [0.15, 0.2) is 18.2 Å². The lowest BCUT2D eigenvalue weighted by atomic mass is 9.81. The van der Waals surface area contributed by atoms with Gasteiger partial charge in [-0.05, 0) is 48.4 Å². The van der Waals surface area contributed by atoms with Crippen molar-refractivity contribution >= 4 is 11.9 Å². The molecule has 0 heterocycles. The highest BCUT2D eigenvalue weighted by Gasteiger charge is 2.21. The number of benzene rings is 1. The molecule has 2 N–H and O–H groups in total. The third-order valence-electron chi connectivity index (χ3n) is 3.25. The smallest absolute Gasteiger partial charge is 0.335 e. The predicted octanol–water partition coefficient (Wildman–Crippen LogP) is 1.96. The molecule has 2 rings (SSSR count). The van der Waals surface area contributed by atoms with Crippen molar-refractivity contribution in [3.63, 3.8) is 0 Å². The molecule has 1 atom stereocenters. The Balaban J connectivity index is 2.20. The maximum Gasteiger partial charge on any atom is 0.335 e. The van der Waals surface area contributed by atoms with Crippen molar-refractivity contribution in [3.8, 4) is 0 Å². The van der Waals surface area contributed by atoms with Gasteiger partial charge in [-0.2, -0.15) is 0 Å². The maximum atomic E-state index is 10.9. The van der Waals surface area contributed by atoms with Crippen LogP contribution < -0.4 is 0 Å². The highest BCUT2D eigenvalue weighted by molar-refractivity contribution is 5.87. The molecule has 1 unspecified atom stereocenters. The topological polar surface area (TPSA) is 74.6 Å². The normalized spacial score (nSPS) is 18.5. The summed E-state index contributed by atoms with van der Waals surface area (Å²) in [5.74, 6) is -1.59. The van der Waals surface area contributed by atoms with E-state index in [0.717, 1.165) is 24.0 Å². The molecule has 0 amide bonds. The van der Waals surface area contributed by atoms with Crippen LogP contribution in [-0.4, -0.2) is 22.2 Å². The summed E-state index contributed by atoms with van der Waals surface area (Å²) < 4.78 is 0. The van der Waals surface area contributed by atoms with Crippen LogP contribution in [0, 0.1) is 5.92 Å². The lowest BCUT2D eigenvalue weighted by molar-refractivity contribution is -0.138. The van der Waals surface area contributed by atoms with E-state index in [0.29, 0.717) is 6.42 Å². The number of hydrogen-bond acceptors (Lipinski definition) is 2. The number of aryl methyl sites for hydroxylation is 1. The van der Waals surface area contributed by atoms with E-state index in [1.165, 1.54) is 0 Å². The minimum atomic E-state index is -0.937. The van der Waals surface area contributed by atoms with Crippen LogP contribution in [0.1, 0.15) is 34.3 Å². The van der Waals surface area contributed by atoms with Crippen LogP contribution in [-0.2, 0) is 17.6 Å². The Hall–Kier alpha value is -1.84. The van der Waals surface area contributed by atoms with Crippen molar-refractivity contribution in [1.82, 2.24) is 0 Å². The fraction of sp³-hybridized carbons (Fsp3) is 0.385. The van der Waals surface area contributed by atoms with E-state index in [2.05, 4.69) is 0 Å². The Morgan fingerprint density at radius 1 is 1.24 bits per heavy atom. The molecular weight excluding hydrogens is 220 g/mol. The van der Waals surface area contributed by atoms with Crippen molar-refractivity contribution in [1.29, 1.82) is 0 Å². The third-order valence-corrected chi connectivity index (χ3v) is 3.25. The molecule has 0 saturated carbocycles. The Labute approximate surface area is 98.9 Å². The van der Waals surface area contributed by atoms with Crippen LogP contribution in [0.2, 0.25) is 0 Å². The first-order valence-corrected chi connectivity index (χ1v) is 5.63. The monoisotopic (exact) mass is 234 g/mol. The molecule has 1 aliphatic carbocycles. The number of carboxylic acid groups (broad SMARTS) is 2. The minimum Gasteiger partial charge on any atom is -0.481 e. The highest BCUT2D eigenvalue weighted by Crippen LogP contribution is 2.28. The second kappa shape index (κ2) is 4.57. The fourth-order valence-electron chi connectivity index (χ4n) is 2.39. The fourth-order valence-corrected chi connectivity index (χ4v) is 2.39. The minimum absolute atomic E-state index is 0.129. The first kappa shape index (κ1) is 11.6. The Bertz CT molecular complexity index is 464. The van der Waals surface area contributed by atoms with Gasteiger partial charge in [0.15, 0.2) is 0 Å². The second-order valence-electron chi connectivity index (χ2n) is 4.50. The Morgan fingerprint density at radius 3 is 2.65 bits per heavy atom. The third kappa shape index (κ3) is 2.64. The molecule has 17 heavy (non-hydrogen) atoms. The molecule has 0 spiro atoms. The molecular formula is C13H14O4. The highest BCUT2D eigenvalue weighted by atomic mass is 16.4. The van der Waals surface area contributed by atoms with E-state index in [1.807, 2.05) is 6.07 Å². The number of carboxylic acids is 2. The number of hydrogen-bond donors (Lipinski definition) is 2. The number of rotatable bonds is 3. The van der Waals surface area contributed by atoms with Crippen LogP contribution in [0.5, 0.6) is 0 Å². The van der Waals surface area contributed by atoms with E-state index < -0.39 is 11.9 Å². The van der Waals surface area contributed by atoms with Crippen LogP contribution in [0.25, 0.3) is 0 Å². The standard InChI is InChI=1S/C13H14O4/c14-12(15)6-8-1-2-9-3-4-10(13(16)17)7-11(9)5-8/h3-4,7-8H,1-2,5-6H2,(H,14,15)(H,16,17). The van der Waals surface area contributed by atoms with Crippen LogP contribution >= 0.6 is 0 Å². The molecule has 0 bridgehead atoms. The Kier molecular flexibility index (Phi) is 3.13. The molecule has 0 aromatic heterocycles. The van der Waals surface area contributed by atoms with Gasteiger partial charge in [-0.3, -0.25) is 4.79 Å². The predicted molar refractivity (Wildman–Crippen MR) is 61.2 cm³/mol. The zero-order chi connectivity index (χ0) is 12.4. The summed E-state index contributed by atoms with van der Waals surface area (Å²) in [6.07, 6.45) is 2.54. The molecule has 1 aliphatic rings. The van der Waals surface area contributed by atoms with Crippen molar-refractivity contribution in [2.24, 2.45) is 5.92 Å². The molecule has 1 aromatic rings. The van der Waals surface area contributed by atoms with E-state index in [1.54, 1.807) is 12.1 Å². The van der Waals surface area contributed by atoms with Gasteiger partial charge in [0.05, 0.1) is 5.56 Å². The SMILES string of the molecule is O=C(O)CC1CCc2ccc(C(=O)O)cc2C1. The Morgan fingerprint density at radius 2 is 2.00 bits per heavy atom. The summed E-state index contributed by atoms with van der Waals surface area (Å²) >= 11 is 0. The second-order valence-corrected chi connectivity index (χ2v) is 4.50. The molecule has 0 saturated heterocycles. The van der Waals surface area contributed by atoms with E-state index in [-0.39, 0.29) is 17.9 Å². The van der Waals surface area contributed by atoms with Gasteiger partial charge in [0.25, 0.3) is 0 Å². The summed E-state index contributed by atoms with van der Waals surface area (Å²) in [7, 11) is 0. The average Bonchev–Trinajstić information content (AvgIpc) is 2.27. The van der Waals surface area contributed by atoms with Crippen LogP contribution in [0.4, 0.5) is 0 Å². The molecule has 4 nitrogen and oxygen atoms in total. The van der Waals surface area contributed by atoms with Gasteiger partial charge in [-0.25, -0.2) is 4.79 Å². The number of carbonyl (C=O) groups is 2. The largest absolute Gasteiger partial charge is 0.481 e. The van der Waals surface area contributed by atoms with Crippen molar-refractivity contribution in [3.05, 3.63) is 34.9 Å². The zero-order valence-corrected chi connectivity index (χ0v) is 9.35. The summed E-state index contributed by atoms with van der Waals surface area (Å²) in [5.41, 5.74) is 2.42. The zero-order valence-electron chi connectivity index (χ0n) is 9.35. The number of aliphatic carboxylic acids is 1. The van der Waals surface area contributed by atoms with Gasteiger partial charge < -0.3 is 10.2 Å². The molecule has 4 heteroatoms. The van der Waals surface area contributed by atoms with Crippen LogP contribution in [0.3, 0.4) is 0 Å². The van der Waals surface area contributed by atoms with E-state index in [4.69, 9.17) is 10.2 Å². The lowest BCUT2D eigenvalue weighted by Gasteiger charge is -2.23. The van der Waals surface area contributed by atoms with Crippen molar-refractivity contribution < 1.29 is 19.8 Å². The van der Waals surface area contributed by atoms with E-state index in [9.17, 15) is 9.59 Å². The summed E-state index contributed by atoms with van der Waals surface area (Å²) in [4.78, 5) is 21.5. The molecule has 0 fully saturated rings. The summed E-state index contributed by atoms with van der Waals surface area (Å²) in [6, 6.07) is 5.13. The van der Waals surface area contributed by atoms with E-state index >= 15 is 0 Å². The quantitative estimate of drug-likeness (QED) is 0.838. The van der Waals surface area contributed by atoms with Gasteiger partial charge in [0.2, 0.25) is 0 Å². The molecule has 90 valence electrons. The summed E-state index contributed by atoms with van der Waals surface area (Å²) in [6.45, 7) is 0. The van der Waals surface area contributed by atoms with Gasteiger partial charge in [0.1, 0.15) is 0 Å². The van der Waals surface area contributed by atoms with Gasteiger partial charge in [0, 0.05) is 6.42 Å². The van der Waals surface area contributed by atoms with Crippen molar-refractivity contribution in [2.45, 2.75) is 25.7 Å². The number of fused-ring (bicyclic) bond motifs is 1. The first-order valence-electron chi connectivity index (χ1n) is 5.63. The average molecular weight is 234 g/mol. The lowest BCUT2D eigenvalue weighted by Crippen LogP contribution is -2.18. The first-order chi connectivity index (χ1) is 8.06. The molecule has 1 aromatic carbocycles. The maximum absolute atomic E-state index is 10.9. The van der Waals surface area contributed by atoms with Gasteiger partial charge >= 0.3 is 11.9 Å². The molecule has 0 aliphatic heterocycles. The molecule has 0 radical (unpaired) electrons. The number of aromatic carboxylic acids is 1. The van der Waals surface area contributed by atoms with Gasteiger partial charge in [-0.15, -0.1) is 0 Å². The summed E-state index contributed by atoms with van der Waals surface area (Å²) in [5, 5.41) is 17.7. The van der Waals surface area contributed by atoms with Crippen molar-refractivity contribution in [2.75, 3.05) is 0 Å². The van der Waals surface area contributed by atoms with Gasteiger partial charge in [-0.1, -0.05) is 6.07 Å².